The Morgan fingerprint density at radius 2 is 1.60 bits per heavy atom. The number of esters is 1. The van der Waals surface area contributed by atoms with Gasteiger partial charge in [0.15, 0.2) is 5.41 Å². The van der Waals surface area contributed by atoms with Gasteiger partial charge >= 0.3 is 5.97 Å². The van der Waals surface area contributed by atoms with Gasteiger partial charge in [-0.3, -0.25) is 19.3 Å². The van der Waals surface area contributed by atoms with Crippen molar-refractivity contribution in [2.24, 2.45) is 5.41 Å². The summed E-state index contributed by atoms with van der Waals surface area (Å²) >= 11 is 0. The van der Waals surface area contributed by atoms with Gasteiger partial charge in [-0.15, -0.1) is 0 Å². The molecule has 5 heteroatoms. The Balaban J connectivity index is 2.20. The molecule has 1 heterocycles. The van der Waals surface area contributed by atoms with Crippen LogP contribution in [0.15, 0.2) is 60.7 Å². The summed E-state index contributed by atoms with van der Waals surface area (Å²) < 4.78 is 5.14. The summed E-state index contributed by atoms with van der Waals surface area (Å²) in [5.74, 6) is -2.13. The molecule has 5 nitrogen and oxygen atoms in total. The molecule has 0 N–H and O–H groups in total. The van der Waals surface area contributed by atoms with E-state index in [0.717, 1.165) is 0 Å². The summed E-state index contributed by atoms with van der Waals surface area (Å²) in [4.78, 5) is 39.7. The maximum atomic E-state index is 12.8. The predicted octanol–water partition coefficient (Wildman–Crippen LogP) is 2.91. The van der Waals surface area contributed by atoms with Crippen molar-refractivity contribution in [3.8, 4) is 0 Å². The number of nitrogens with zero attached hydrogens (tertiary/aromatic N) is 1. The highest BCUT2D eigenvalue weighted by Gasteiger charge is 2.62. The molecular weight excluding hydrogens is 318 g/mol. The molecule has 3 rings (SSSR count). The minimum Gasteiger partial charge on any atom is -0.465 e. The number of rotatable bonds is 4. The molecule has 2 unspecified atom stereocenters. The van der Waals surface area contributed by atoms with Gasteiger partial charge in [0.25, 0.3) is 5.91 Å². The largest absolute Gasteiger partial charge is 0.465 e. The fourth-order valence-electron chi connectivity index (χ4n) is 3.29. The molecular formula is C20H19NO4. The lowest BCUT2D eigenvalue weighted by Crippen LogP contribution is -2.40. The van der Waals surface area contributed by atoms with E-state index in [2.05, 4.69) is 0 Å². The van der Waals surface area contributed by atoms with E-state index in [0.29, 0.717) is 11.3 Å². The second-order valence-electron chi connectivity index (χ2n) is 6.08. The van der Waals surface area contributed by atoms with Crippen molar-refractivity contribution >= 4 is 23.3 Å². The Morgan fingerprint density at radius 3 is 2.16 bits per heavy atom. The number of amides is 1. The van der Waals surface area contributed by atoms with E-state index in [1.54, 1.807) is 31.2 Å². The topological polar surface area (TPSA) is 63.7 Å². The zero-order valence-corrected chi connectivity index (χ0v) is 14.1. The molecule has 0 aromatic heterocycles. The minimum absolute atomic E-state index is 0.142. The van der Waals surface area contributed by atoms with E-state index in [1.165, 1.54) is 11.8 Å². The van der Waals surface area contributed by atoms with Crippen molar-refractivity contribution in [2.45, 2.75) is 19.9 Å². The van der Waals surface area contributed by atoms with Gasteiger partial charge in [0, 0.05) is 5.69 Å². The van der Waals surface area contributed by atoms with Gasteiger partial charge in [-0.25, -0.2) is 0 Å². The summed E-state index contributed by atoms with van der Waals surface area (Å²) in [5, 5.41) is 0. The van der Waals surface area contributed by atoms with Gasteiger partial charge in [-0.05, 0) is 31.5 Å². The van der Waals surface area contributed by atoms with Crippen molar-refractivity contribution in [3.05, 3.63) is 66.2 Å². The normalized spacial score (nSPS) is 23.0. The zero-order chi connectivity index (χ0) is 18.0. The van der Waals surface area contributed by atoms with Crippen LogP contribution in [-0.4, -0.2) is 24.3 Å². The molecule has 25 heavy (non-hydrogen) atoms. The summed E-state index contributed by atoms with van der Waals surface area (Å²) in [5.41, 5.74) is -0.312. The first kappa shape index (κ1) is 16.9. The molecule has 2 atom stereocenters. The molecule has 1 amide bonds. The first-order chi connectivity index (χ1) is 12.0. The number of anilines is 1. The number of hydrogen-bond acceptors (Lipinski definition) is 4. The molecule has 2 aromatic rings. The average molecular weight is 337 g/mol. The third-order valence-electron chi connectivity index (χ3n) is 4.54. The van der Waals surface area contributed by atoms with Crippen LogP contribution in [0.1, 0.15) is 25.5 Å². The van der Waals surface area contributed by atoms with Crippen LogP contribution in [0.5, 0.6) is 0 Å². The van der Waals surface area contributed by atoms with Crippen molar-refractivity contribution in [2.75, 3.05) is 11.5 Å². The molecule has 0 saturated carbocycles. The molecule has 0 spiro atoms. The highest BCUT2D eigenvalue weighted by molar-refractivity contribution is 6.49. The lowest BCUT2D eigenvalue weighted by atomic mass is 9.78. The molecule has 0 bridgehead atoms. The number of carbonyl (C=O) groups is 3. The van der Waals surface area contributed by atoms with Gasteiger partial charge in [-0.2, -0.15) is 0 Å². The van der Waals surface area contributed by atoms with Gasteiger partial charge in [0.2, 0.25) is 5.78 Å². The van der Waals surface area contributed by atoms with E-state index < -0.39 is 29.1 Å². The quantitative estimate of drug-likeness (QED) is 0.489. The number of Topliss-reactive ketones (excluding diaryl/α,β-unsaturated/α-hetero) is 1. The van der Waals surface area contributed by atoms with Crippen LogP contribution >= 0.6 is 0 Å². The molecule has 128 valence electrons. The average Bonchev–Trinajstić information content (AvgIpc) is 2.85. The number of benzene rings is 2. The molecule has 1 aliphatic rings. The third kappa shape index (κ3) is 2.61. The first-order valence-electron chi connectivity index (χ1n) is 8.17. The maximum absolute atomic E-state index is 12.8. The highest BCUT2D eigenvalue weighted by Crippen LogP contribution is 2.48. The Bertz CT molecular complexity index is 803. The summed E-state index contributed by atoms with van der Waals surface area (Å²) in [6.45, 7) is 3.31. The Morgan fingerprint density at radius 1 is 1.04 bits per heavy atom. The number of carbonyl (C=O) groups excluding carboxylic acids is 3. The third-order valence-corrected chi connectivity index (χ3v) is 4.54. The lowest BCUT2D eigenvalue weighted by molar-refractivity contribution is -0.159. The fourth-order valence-corrected chi connectivity index (χ4v) is 3.29. The van der Waals surface area contributed by atoms with Gasteiger partial charge in [0.05, 0.1) is 12.6 Å². The Kier molecular flexibility index (Phi) is 4.40. The molecule has 2 aromatic carbocycles. The second kappa shape index (κ2) is 6.51. The van der Waals surface area contributed by atoms with Crippen molar-refractivity contribution in [1.82, 2.24) is 0 Å². The van der Waals surface area contributed by atoms with E-state index in [-0.39, 0.29) is 6.61 Å². The number of hydrogen-bond donors (Lipinski definition) is 0. The zero-order valence-electron chi connectivity index (χ0n) is 14.1. The van der Waals surface area contributed by atoms with Crippen molar-refractivity contribution < 1.29 is 19.1 Å². The number of ketones is 1. The molecule has 0 aliphatic carbocycles. The van der Waals surface area contributed by atoms with Crippen LogP contribution in [0.25, 0.3) is 0 Å². The van der Waals surface area contributed by atoms with Crippen molar-refractivity contribution in [3.63, 3.8) is 0 Å². The second-order valence-corrected chi connectivity index (χ2v) is 6.08. The fraction of sp³-hybridized carbons (Fsp3) is 0.250. The first-order valence-corrected chi connectivity index (χ1v) is 8.17. The number of para-hydroxylation sites is 1. The lowest BCUT2D eigenvalue weighted by Gasteiger charge is -2.32. The van der Waals surface area contributed by atoms with Gasteiger partial charge in [-0.1, -0.05) is 48.5 Å². The Labute approximate surface area is 146 Å². The van der Waals surface area contributed by atoms with Crippen LogP contribution in [0.3, 0.4) is 0 Å². The molecule has 1 saturated heterocycles. The summed E-state index contributed by atoms with van der Waals surface area (Å²) in [6.07, 6.45) is 0. The SMILES string of the molecule is CCOC(=O)C1(C)C(=O)C(=O)N(c2ccccc2)C1c1ccccc1. The summed E-state index contributed by atoms with van der Waals surface area (Å²) in [7, 11) is 0. The van der Waals surface area contributed by atoms with Crippen LogP contribution in [0, 0.1) is 5.41 Å². The number of ether oxygens (including phenoxy) is 1. The van der Waals surface area contributed by atoms with Crippen LogP contribution < -0.4 is 4.90 Å². The van der Waals surface area contributed by atoms with E-state index in [4.69, 9.17) is 4.74 Å². The van der Waals surface area contributed by atoms with E-state index in [9.17, 15) is 14.4 Å². The van der Waals surface area contributed by atoms with Crippen LogP contribution in [0.2, 0.25) is 0 Å². The standard InChI is InChI=1S/C20H19NO4/c1-3-25-19(24)20(2)16(14-10-6-4-7-11-14)21(18(23)17(20)22)15-12-8-5-9-13-15/h4-13,16H,3H2,1-2H3. The minimum atomic E-state index is -1.59. The molecule has 1 fully saturated rings. The Hall–Kier alpha value is -2.95. The molecule has 1 aliphatic heterocycles. The van der Waals surface area contributed by atoms with Crippen LogP contribution in [-0.2, 0) is 19.1 Å². The van der Waals surface area contributed by atoms with E-state index in [1.807, 2.05) is 36.4 Å². The van der Waals surface area contributed by atoms with Gasteiger partial charge < -0.3 is 4.74 Å². The summed E-state index contributed by atoms with van der Waals surface area (Å²) in [6, 6.07) is 17.2. The predicted molar refractivity (Wildman–Crippen MR) is 92.9 cm³/mol. The van der Waals surface area contributed by atoms with E-state index >= 15 is 0 Å². The smallest absolute Gasteiger partial charge is 0.322 e. The van der Waals surface area contributed by atoms with Crippen LogP contribution in [0.4, 0.5) is 5.69 Å². The monoisotopic (exact) mass is 337 g/mol. The van der Waals surface area contributed by atoms with Crippen molar-refractivity contribution in [1.29, 1.82) is 0 Å². The van der Waals surface area contributed by atoms with Gasteiger partial charge in [0.1, 0.15) is 0 Å². The maximum Gasteiger partial charge on any atom is 0.322 e. The highest BCUT2D eigenvalue weighted by atomic mass is 16.5. The molecule has 0 radical (unpaired) electrons.